The normalized spacial score (nSPS) is 19.1. The van der Waals surface area contributed by atoms with Crippen LogP contribution in [0.1, 0.15) is 25.7 Å². The number of nitrogens with zero attached hydrogens (tertiary/aromatic N) is 4. The van der Waals surface area contributed by atoms with E-state index in [0.717, 1.165) is 58.6 Å². The average molecular weight is 403 g/mol. The fourth-order valence-corrected chi connectivity index (χ4v) is 4.22. The summed E-state index contributed by atoms with van der Waals surface area (Å²) in [5.41, 5.74) is 3.64. The largest absolute Gasteiger partial charge is 0.465 e. The number of anilines is 1. The van der Waals surface area contributed by atoms with Crippen LogP contribution in [0, 0.1) is 0 Å². The molecule has 5 rings (SSSR count). The first-order valence-electron chi connectivity index (χ1n) is 9.97. The van der Waals surface area contributed by atoms with E-state index in [0.29, 0.717) is 5.95 Å². The lowest BCUT2D eigenvalue weighted by atomic mass is 9.90. The lowest BCUT2D eigenvalue weighted by Crippen LogP contribution is -2.48. The van der Waals surface area contributed by atoms with Gasteiger partial charge in [0.15, 0.2) is 0 Å². The summed E-state index contributed by atoms with van der Waals surface area (Å²) in [6, 6.07) is 1.76. The van der Waals surface area contributed by atoms with Crippen molar-refractivity contribution < 1.29 is 9.90 Å². The Balaban J connectivity index is 1.52. The number of nitrogens with one attached hydrogen (secondary N) is 3. The zero-order valence-electron chi connectivity index (χ0n) is 16.2. The van der Waals surface area contributed by atoms with E-state index >= 15 is 0 Å². The Bertz CT molecular complexity index is 1220. The Hall–Kier alpha value is -3.75. The topological polar surface area (TPSA) is 129 Å². The molecule has 9 heteroatoms. The smallest absolute Gasteiger partial charge is 0.404 e. The van der Waals surface area contributed by atoms with Gasteiger partial charge in [-0.2, -0.15) is 0 Å². The third kappa shape index (κ3) is 3.38. The van der Waals surface area contributed by atoms with Crippen LogP contribution in [0.25, 0.3) is 32.9 Å². The molecule has 1 saturated carbocycles. The maximum Gasteiger partial charge on any atom is 0.404 e. The molecular weight excluding hydrogens is 382 g/mol. The number of hydrogen-bond acceptors (Lipinski definition) is 6. The maximum atomic E-state index is 11.1. The predicted molar refractivity (Wildman–Crippen MR) is 113 cm³/mol. The molecule has 0 saturated heterocycles. The molecular formula is C21H21N7O2. The van der Waals surface area contributed by atoms with Crippen molar-refractivity contribution >= 4 is 33.8 Å². The van der Waals surface area contributed by atoms with Crippen molar-refractivity contribution in [3.05, 3.63) is 43.2 Å². The van der Waals surface area contributed by atoms with Crippen LogP contribution in [-0.2, 0) is 0 Å². The van der Waals surface area contributed by atoms with Crippen molar-refractivity contribution in [1.29, 1.82) is 0 Å². The fourth-order valence-electron chi connectivity index (χ4n) is 4.22. The van der Waals surface area contributed by atoms with Gasteiger partial charge >= 0.3 is 6.09 Å². The molecule has 30 heavy (non-hydrogen) atoms. The number of aromatic amines is 1. The molecule has 0 unspecified atom stereocenters. The summed E-state index contributed by atoms with van der Waals surface area (Å²) in [4.78, 5) is 32.1. The number of rotatable bonds is 4. The van der Waals surface area contributed by atoms with Crippen LogP contribution >= 0.6 is 0 Å². The minimum Gasteiger partial charge on any atom is -0.465 e. The first kappa shape index (κ1) is 18.3. The summed E-state index contributed by atoms with van der Waals surface area (Å²) < 4.78 is 0. The van der Waals surface area contributed by atoms with Gasteiger partial charge in [0.1, 0.15) is 0 Å². The number of aromatic nitrogens is 5. The highest BCUT2D eigenvalue weighted by Gasteiger charge is 2.27. The summed E-state index contributed by atoms with van der Waals surface area (Å²) in [6.45, 7) is 0. The second kappa shape index (κ2) is 7.58. The van der Waals surface area contributed by atoms with Crippen LogP contribution in [0.5, 0.6) is 0 Å². The lowest BCUT2D eigenvalue weighted by molar-refractivity contribution is 0.184. The van der Waals surface area contributed by atoms with E-state index in [9.17, 15) is 4.79 Å². The number of pyridine rings is 2. The Labute approximate surface area is 172 Å². The van der Waals surface area contributed by atoms with E-state index in [1.54, 1.807) is 31.0 Å². The Morgan fingerprint density at radius 3 is 2.80 bits per heavy atom. The van der Waals surface area contributed by atoms with Gasteiger partial charge in [0.2, 0.25) is 5.95 Å². The first-order chi connectivity index (χ1) is 14.7. The SMILES string of the molecule is O=C(O)N[C@H]1CCCC[C@H]1Nc1ncc2cncc(-c3c[nH]c4cnccc34)c2n1. The van der Waals surface area contributed by atoms with E-state index < -0.39 is 6.09 Å². The summed E-state index contributed by atoms with van der Waals surface area (Å²) >= 11 is 0. The van der Waals surface area contributed by atoms with Crippen LogP contribution < -0.4 is 10.6 Å². The molecule has 4 aromatic heterocycles. The van der Waals surface area contributed by atoms with Gasteiger partial charge in [0.25, 0.3) is 0 Å². The standard InChI is InChI=1S/C21H21N7O2/c29-21(30)27-17-4-2-1-3-16(17)26-20-25-8-12-7-23-9-15(19(12)28-20)14-10-24-18-11-22-6-5-13(14)18/h5-11,16-17,24,27H,1-4H2,(H,29,30)(H,25,26,28)/t16-,17+/m1/s1. The fraction of sp³-hybridized carbons (Fsp3) is 0.286. The summed E-state index contributed by atoms with van der Waals surface area (Å²) in [5.74, 6) is 0.487. The Morgan fingerprint density at radius 1 is 1.07 bits per heavy atom. The van der Waals surface area contributed by atoms with Crippen molar-refractivity contribution in [2.75, 3.05) is 5.32 Å². The van der Waals surface area contributed by atoms with Gasteiger partial charge in [-0.15, -0.1) is 0 Å². The molecule has 1 aliphatic carbocycles. The minimum absolute atomic E-state index is 0.0447. The molecule has 2 atom stereocenters. The highest BCUT2D eigenvalue weighted by molar-refractivity contribution is 6.02. The Kier molecular flexibility index (Phi) is 4.62. The first-order valence-corrected chi connectivity index (χ1v) is 9.97. The maximum absolute atomic E-state index is 11.1. The van der Waals surface area contributed by atoms with E-state index in [2.05, 4.69) is 30.6 Å². The number of fused-ring (bicyclic) bond motifs is 2. The van der Waals surface area contributed by atoms with Gasteiger partial charge in [-0.3, -0.25) is 9.97 Å². The molecule has 0 bridgehead atoms. The van der Waals surface area contributed by atoms with Gasteiger partial charge in [0.05, 0.1) is 23.3 Å². The molecule has 0 aliphatic heterocycles. The number of carbonyl (C=O) groups is 1. The third-order valence-electron chi connectivity index (χ3n) is 5.65. The highest BCUT2D eigenvalue weighted by atomic mass is 16.4. The van der Waals surface area contributed by atoms with Gasteiger partial charge in [0, 0.05) is 58.9 Å². The summed E-state index contributed by atoms with van der Waals surface area (Å²) in [6.07, 6.45) is 13.5. The number of carboxylic acid groups (broad SMARTS) is 1. The van der Waals surface area contributed by atoms with Gasteiger partial charge < -0.3 is 20.7 Å². The van der Waals surface area contributed by atoms with E-state index in [1.165, 1.54) is 0 Å². The van der Waals surface area contributed by atoms with Crippen molar-refractivity contribution in [3.8, 4) is 11.1 Å². The van der Waals surface area contributed by atoms with Crippen LogP contribution in [0.15, 0.2) is 43.2 Å². The van der Waals surface area contributed by atoms with E-state index in [4.69, 9.17) is 10.1 Å². The van der Waals surface area contributed by atoms with Crippen LogP contribution in [0.4, 0.5) is 10.7 Å². The molecule has 1 amide bonds. The molecule has 152 valence electrons. The van der Waals surface area contributed by atoms with Crippen molar-refractivity contribution in [3.63, 3.8) is 0 Å². The predicted octanol–water partition coefficient (Wildman–Crippen LogP) is 3.56. The summed E-state index contributed by atoms with van der Waals surface area (Å²) in [5, 5.41) is 17.0. The summed E-state index contributed by atoms with van der Waals surface area (Å²) in [7, 11) is 0. The average Bonchev–Trinajstić information content (AvgIpc) is 3.18. The molecule has 4 aromatic rings. The van der Waals surface area contributed by atoms with Crippen molar-refractivity contribution in [1.82, 2.24) is 30.2 Å². The molecule has 0 radical (unpaired) electrons. The molecule has 9 nitrogen and oxygen atoms in total. The zero-order valence-corrected chi connectivity index (χ0v) is 16.2. The van der Waals surface area contributed by atoms with Gasteiger partial charge in [-0.05, 0) is 18.9 Å². The third-order valence-corrected chi connectivity index (χ3v) is 5.65. The second-order valence-corrected chi connectivity index (χ2v) is 7.53. The Morgan fingerprint density at radius 2 is 1.93 bits per heavy atom. The van der Waals surface area contributed by atoms with E-state index in [-0.39, 0.29) is 12.1 Å². The molecule has 4 heterocycles. The van der Waals surface area contributed by atoms with Crippen LogP contribution in [0.2, 0.25) is 0 Å². The second-order valence-electron chi connectivity index (χ2n) is 7.53. The lowest BCUT2D eigenvalue weighted by Gasteiger charge is -2.31. The van der Waals surface area contributed by atoms with Crippen molar-refractivity contribution in [2.45, 2.75) is 37.8 Å². The molecule has 1 aliphatic rings. The molecule has 4 N–H and O–H groups in total. The quantitative estimate of drug-likeness (QED) is 0.410. The number of hydrogen-bond donors (Lipinski definition) is 4. The molecule has 1 fully saturated rings. The highest BCUT2D eigenvalue weighted by Crippen LogP contribution is 2.32. The van der Waals surface area contributed by atoms with Gasteiger partial charge in [-0.25, -0.2) is 14.8 Å². The van der Waals surface area contributed by atoms with Crippen LogP contribution in [-0.4, -0.2) is 48.2 Å². The zero-order chi connectivity index (χ0) is 20.5. The van der Waals surface area contributed by atoms with E-state index in [1.807, 2.05) is 12.3 Å². The van der Waals surface area contributed by atoms with Crippen molar-refractivity contribution in [2.24, 2.45) is 0 Å². The molecule has 0 spiro atoms. The number of H-pyrrole nitrogens is 1. The number of amides is 1. The molecule has 0 aromatic carbocycles. The minimum atomic E-state index is -1.00. The monoisotopic (exact) mass is 403 g/mol. The van der Waals surface area contributed by atoms with Crippen LogP contribution in [0.3, 0.4) is 0 Å². The van der Waals surface area contributed by atoms with Gasteiger partial charge in [-0.1, -0.05) is 12.8 Å².